The molecule has 3 N–H and O–H groups in total. The highest BCUT2D eigenvalue weighted by molar-refractivity contribution is 5.08. The maximum absolute atomic E-state index is 5.85. The van der Waals surface area contributed by atoms with Crippen molar-refractivity contribution in [2.24, 2.45) is 11.7 Å². The average Bonchev–Trinajstić information content (AvgIpc) is 2.40. The lowest BCUT2D eigenvalue weighted by atomic mass is 9.84. The van der Waals surface area contributed by atoms with Gasteiger partial charge in [0.2, 0.25) is 0 Å². The molecule has 94 valence electrons. The zero-order chi connectivity index (χ0) is 12.1. The normalized spacial score (nSPS) is 26.7. The van der Waals surface area contributed by atoms with Crippen LogP contribution >= 0.6 is 0 Å². The average molecular weight is 233 g/mol. The van der Waals surface area contributed by atoms with E-state index in [9.17, 15) is 0 Å². The predicted molar refractivity (Wildman–Crippen MR) is 70.6 cm³/mol. The van der Waals surface area contributed by atoms with Crippen molar-refractivity contribution >= 4 is 0 Å². The van der Waals surface area contributed by atoms with E-state index in [1.807, 2.05) is 18.3 Å². The first-order chi connectivity index (χ1) is 8.31. The molecule has 1 saturated carbocycles. The number of nitrogens with one attached hydrogen (secondary N) is 1. The molecule has 1 aromatic heterocycles. The van der Waals surface area contributed by atoms with E-state index in [0.29, 0.717) is 18.0 Å². The number of pyridine rings is 1. The van der Waals surface area contributed by atoms with Crippen molar-refractivity contribution in [1.82, 2.24) is 10.3 Å². The minimum atomic E-state index is 0.313. The molecular weight excluding hydrogens is 210 g/mol. The summed E-state index contributed by atoms with van der Waals surface area (Å²) >= 11 is 0. The predicted octanol–water partition coefficient (Wildman–Crippen LogP) is 2.25. The lowest BCUT2D eigenvalue weighted by molar-refractivity contribution is 0.251. The van der Waals surface area contributed by atoms with Gasteiger partial charge in [-0.3, -0.25) is 4.98 Å². The summed E-state index contributed by atoms with van der Waals surface area (Å²) < 4.78 is 0. The van der Waals surface area contributed by atoms with Crippen molar-refractivity contribution in [3.05, 3.63) is 30.1 Å². The minimum Gasteiger partial charge on any atom is -0.330 e. The molecular formula is C14H23N3. The van der Waals surface area contributed by atoms with E-state index in [-0.39, 0.29) is 0 Å². The second kappa shape index (κ2) is 6.12. The van der Waals surface area contributed by atoms with Crippen LogP contribution in [-0.4, -0.2) is 17.6 Å². The van der Waals surface area contributed by atoms with Gasteiger partial charge < -0.3 is 11.1 Å². The molecule has 0 radical (unpaired) electrons. The Morgan fingerprint density at radius 1 is 1.41 bits per heavy atom. The largest absolute Gasteiger partial charge is 0.330 e. The topological polar surface area (TPSA) is 50.9 Å². The van der Waals surface area contributed by atoms with E-state index >= 15 is 0 Å². The first-order valence-corrected chi connectivity index (χ1v) is 6.68. The van der Waals surface area contributed by atoms with Crippen LogP contribution in [0.2, 0.25) is 0 Å². The van der Waals surface area contributed by atoms with Crippen LogP contribution in [0, 0.1) is 5.92 Å². The van der Waals surface area contributed by atoms with Gasteiger partial charge >= 0.3 is 0 Å². The van der Waals surface area contributed by atoms with Gasteiger partial charge in [-0.25, -0.2) is 0 Å². The highest BCUT2D eigenvalue weighted by Crippen LogP contribution is 2.25. The Kier molecular flexibility index (Phi) is 4.51. The molecule has 0 saturated heterocycles. The minimum absolute atomic E-state index is 0.313. The SMILES string of the molecule is C[C@H](NC1CCCCC1CN)c1ccccn1. The third kappa shape index (κ3) is 3.27. The summed E-state index contributed by atoms with van der Waals surface area (Å²) in [6.07, 6.45) is 7.03. The fraction of sp³-hybridized carbons (Fsp3) is 0.643. The second-order valence-electron chi connectivity index (χ2n) is 5.03. The fourth-order valence-corrected chi connectivity index (χ4v) is 2.75. The highest BCUT2D eigenvalue weighted by Gasteiger charge is 2.25. The molecule has 1 aromatic rings. The standard InChI is InChI=1S/C14H23N3/c1-11(13-7-4-5-9-16-13)17-14-8-3-2-6-12(14)10-15/h4-5,7,9,11-12,14,17H,2-3,6,8,10,15H2,1H3/t11-,12?,14?/m0/s1. The Labute approximate surface area is 104 Å². The van der Waals surface area contributed by atoms with Gasteiger partial charge in [0.05, 0.1) is 5.69 Å². The molecule has 1 aliphatic rings. The van der Waals surface area contributed by atoms with Crippen LogP contribution in [-0.2, 0) is 0 Å². The molecule has 0 spiro atoms. The van der Waals surface area contributed by atoms with Crippen LogP contribution in [0.3, 0.4) is 0 Å². The lowest BCUT2D eigenvalue weighted by Gasteiger charge is -2.33. The molecule has 1 aliphatic carbocycles. The van der Waals surface area contributed by atoms with Crippen LogP contribution in [0.1, 0.15) is 44.3 Å². The van der Waals surface area contributed by atoms with E-state index in [1.165, 1.54) is 25.7 Å². The molecule has 2 rings (SSSR count). The van der Waals surface area contributed by atoms with Crippen LogP contribution in [0.15, 0.2) is 24.4 Å². The van der Waals surface area contributed by atoms with E-state index in [0.717, 1.165) is 12.2 Å². The zero-order valence-corrected chi connectivity index (χ0v) is 10.6. The van der Waals surface area contributed by atoms with Crippen molar-refractivity contribution in [3.63, 3.8) is 0 Å². The van der Waals surface area contributed by atoms with Gasteiger partial charge in [0.15, 0.2) is 0 Å². The summed E-state index contributed by atoms with van der Waals surface area (Å²) in [5, 5.41) is 3.69. The zero-order valence-electron chi connectivity index (χ0n) is 10.6. The van der Waals surface area contributed by atoms with Gasteiger partial charge in [-0.2, -0.15) is 0 Å². The van der Waals surface area contributed by atoms with Crippen molar-refractivity contribution in [2.45, 2.75) is 44.7 Å². The lowest BCUT2D eigenvalue weighted by Crippen LogP contribution is -2.43. The quantitative estimate of drug-likeness (QED) is 0.838. The summed E-state index contributed by atoms with van der Waals surface area (Å²) in [5.74, 6) is 0.634. The molecule has 3 heteroatoms. The molecule has 0 amide bonds. The summed E-state index contributed by atoms with van der Waals surface area (Å²) in [6.45, 7) is 2.98. The first kappa shape index (κ1) is 12.5. The third-order valence-electron chi connectivity index (χ3n) is 3.81. The summed E-state index contributed by atoms with van der Waals surface area (Å²) in [6, 6.07) is 6.96. The number of aromatic nitrogens is 1. The Morgan fingerprint density at radius 3 is 2.94 bits per heavy atom. The van der Waals surface area contributed by atoms with Crippen LogP contribution in [0.25, 0.3) is 0 Å². The number of hydrogen-bond acceptors (Lipinski definition) is 3. The van der Waals surface area contributed by atoms with E-state index in [2.05, 4.69) is 23.3 Å². The van der Waals surface area contributed by atoms with Crippen LogP contribution in [0.5, 0.6) is 0 Å². The van der Waals surface area contributed by atoms with Gasteiger partial charge in [-0.1, -0.05) is 18.9 Å². The summed E-state index contributed by atoms with van der Waals surface area (Å²) in [7, 11) is 0. The first-order valence-electron chi connectivity index (χ1n) is 6.68. The molecule has 0 aromatic carbocycles. The maximum Gasteiger partial charge on any atom is 0.0570 e. The van der Waals surface area contributed by atoms with Crippen LogP contribution in [0.4, 0.5) is 0 Å². The summed E-state index contributed by atoms with van der Waals surface area (Å²) in [5.41, 5.74) is 6.97. The van der Waals surface area contributed by atoms with E-state index < -0.39 is 0 Å². The molecule has 1 fully saturated rings. The van der Waals surface area contributed by atoms with Crippen molar-refractivity contribution < 1.29 is 0 Å². The summed E-state index contributed by atoms with van der Waals surface area (Å²) in [4.78, 5) is 4.40. The molecule has 3 atom stereocenters. The Hall–Kier alpha value is -0.930. The number of nitrogens with two attached hydrogens (primary N) is 1. The van der Waals surface area contributed by atoms with Crippen molar-refractivity contribution in [2.75, 3.05) is 6.54 Å². The van der Waals surface area contributed by atoms with E-state index in [1.54, 1.807) is 0 Å². The highest BCUT2D eigenvalue weighted by atomic mass is 15.0. The monoisotopic (exact) mass is 233 g/mol. The van der Waals surface area contributed by atoms with Crippen molar-refractivity contribution in [3.8, 4) is 0 Å². The van der Waals surface area contributed by atoms with E-state index in [4.69, 9.17) is 5.73 Å². The molecule has 0 aliphatic heterocycles. The molecule has 17 heavy (non-hydrogen) atoms. The van der Waals surface area contributed by atoms with Crippen LogP contribution < -0.4 is 11.1 Å². The fourth-order valence-electron chi connectivity index (χ4n) is 2.75. The van der Waals surface area contributed by atoms with Gasteiger partial charge in [0.1, 0.15) is 0 Å². The maximum atomic E-state index is 5.85. The molecule has 3 nitrogen and oxygen atoms in total. The number of nitrogens with zero attached hydrogens (tertiary/aromatic N) is 1. The smallest absolute Gasteiger partial charge is 0.0570 e. The van der Waals surface area contributed by atoms with Crippen molar-refractivity contribution in [1.29, 1.82) is 0 Å². The Bertz CT molecular complexity index is 325. The van der Waals surface area contributed by atoms with Gasteiger partial charge in [0.25, 0.3) is 0 Å². The number of rotatable bonds is 4. The molecule has 0 bridgehead atoms. The second-order valence-corrected chi connectivity index (χ2v) is 5.03. The Morgan fingerprint density at radius 2 is 2.24 bits per heavy atom. The number of hydrogen-bond donors (Lipinski definition) is 2. The van der Waals surface area contributed by atoms with Gasteiger partial charge in [0, 0.05) is 18.3 Å². The van der Waals surface area contributed by atoms with Gasteiger partial charge in [-0.05, 0) is 44.4 Å². The third-order valence-corrected chi connectivity index (χ3v) is 3.81. The molecule has 1 heterocycles. The van der Waals surface area contributed by atoms with Gasteiger partial charge in [-0.15, -0.1) is 0 Å². The molecule has 2 unspecified atom stereocenters. The Balaban J connectivity index is 1.95.